The summed E-state index contributed by atoms with van der Waals surface area (Å²) < 4.78 is 36.6. The average molecular weight is 346 g/mol. The number of benzene rings is 1. The summed E-state index contributed by atoms with van der Waals surface area (Å²) in [6.45, 7) is 0.109. The van der Waals surface area contributed by atoms with Gasteiger partial charge in [-0.2, -0.15) is 13.2 Å². The molecule has 0 spiro atoms. The van der Waals surface area contributed by atoms with Gasteiger partial charge in [0, 0.05) is 18.0 Å². The van der Waals surface area contributed by atoms with Crippen molar-refractivity contribution in [3.8, 4) is 0 Å². The molecule has 1 aliphatic heterocycles. The molecule has 126 valence electrons. The zero-order chi connectivity index (χ0) is 16.9. The van der Waals surface area contributed by atoms with Gasteiger partial charge >= 0.3 is 6.18 Å². The molecule has 0 unspecified atom stereocenters. The monoisotopic (exact) mass is 346 g/mol. The minimum atomic E-state index is -4.45. The van der Waals surface area contributed by atoms with E-state index in [1.807, 2.05) is 5.32 Å². The molecule has 0 saturated carbocycles. The lowest BCUT2D eigenvalue weighted by atomic mass is 10.2. The van der Waals surface area contributed by atoms with Crippen molar-refractivity contribution >= 4 is 23.6 Å². The molecule has 1 aromatic carbocycles. The second-order valence-electron chi connectivity index (χ2n) is 5.17. The van der Waals surface area contributed by atoms with Gasteiger partial charge in [0.25, 0.3) is 5.91 Å². The molecule has 1 aromatic rings. The molecule has 1 N–H and O–H groups in total. The van der Waals surface area contributed by atoms with Crippen molar-refractivity contribution in [1.82, 2.24) is 10.2 Å². The number of likely N-dealkylation sites (tertiary alicyclic amines) is 1. The van der Waals surface area contributed by atoms with Gasteiger partial charge in [0.1, 0.15) is 6.54 Å². The average Bonchev–Trinajstić information content (AvgIpc) is 3.04. The first-order chi connectivity index (χ1) is 10.9. The number of hydrogen-bond acceptors (Lipinski definition) is 3. The lowest BCUT2D eigenvalue weighted by Gasteiger charge is -2.15. The van der Waals surface area contributed by atoms with Crippen LogP contribution in [0.15, 0.2) is 29.2 Å². The van der Waals surface area contributed by atoms with Gasteiger partial charge in [-0.05, 0) is 25.0 Å². The second-order valence-corrected chi connectivity index (χ2v) is 6.19. The fourth-order valence-corrected chi connectivity index (χ4v) is 3.21. The van der Waals surface area contributed by atoms with E-state index < -0.39 is 18.6 Å². The summed E-state index contributed by atoms with van der Waals surface area (Å²) in [5.41, 5.74) is 0.149. The van der Waals surface area contributed by atoms with E-state index in [-0.39, 0.29) is 17.2 Å². The standard InChI is InChI=1S/C15H17F3N2O2S/c16-15(17,18)10-19-14(22)11-5-1-2-6-12(11)23-9-13(21)20-7-3-4-8-20/h1-2,5-6H,3-4,7-10H2,(H,19,22). The number of halogens is 3. The Morgan fingerprint density at radius 1 is 1.17 bits per heavy atom. The lowest BCUT2D eigenvalue weighted by Crippen LogP contribution is -2.34. The number of thioether (sulfide) groups is 1. The van der Waals surface area contributed by atoms with Crippen molar-refractivity contribution in [3.63, 3.8) is 0 Å². The van der Waals surface area contributed by atoms with Gasteiger partial charge in [0.2, 0.25) is 5.91 Å². The van der Waals surface area contributed by atoms with Gasteiger partial charge < -0.3 is 10.2 Å². The predicted octanol–water partition coefficient (Wildman–Crippen LogP) is 2.69. The van der Waals surface area contributed by atoms with Crippen LogP contribution >= 0.6 is 11.8 Å². The molecule has 1 fully saturated rings. The highest BCUT2D eigenvalue weighted by Crippen LogP contribution is 2.24. The van der Waals surface area contributed by atoms with E-state index in [2.05, 4.69) is 0 Å². The summed E-state index contributed by atoms with van der Waals surface area (Å²) in [5, 5.41) is 1.85. The van der Waals surface area contributed by atoms with Crippen molar-refractivity contribution < 1.29 is 22.8 Å². The molecule has 1 saturated heterocycles. The number of amides is 2. The number of nitrogens with one attached hydrogen (secondary N) is 1. The molecule has 4 nitrogen and oxygen atoms in total. The maximum absolute atomic E-state index is 12.2. The SMILES string of the molecule is O=C(NCC(F)(F)F)c1ccccc1SCC(=O)N1CCCC1. The zero-order valence-electron chi connectivity index (χ0n) is 12.4. The molecule has 2 rings (SSSR count). The molecule has 1 aliphatic rings. The minimum Gasteiger partial charge on any atom is -0.343 e. The van der Waals surface area contributed by atoms with Gasteiger partial charge in [-0.25, -0.2) is 0 Å². The van der Waals surface area contributed by atoms with E-state index in [0.717, 1.165) is 25.9 Å². The normalized spacial score (nSPS) is 14.8. The van der Waals surface area contributed by atoms with Crippen LogP contribution in [-0.4, -0.2) is 48.3 Å². The lowest BCUT2D eigenvalue weighted by molar-refractivity contribution is -0.127. The van der Waals surface area contributed by atoms with Gasteiger partial charge in [-0.1, -0.05) is 12.1 Å². The Labute approximate surface area is 136 Å². The molecule has 0 aliphatic carbocycles. The number of rotatable bonds is 5. The Morgan fingerprint density at radius 3 is 2.48 bits per heavy atom. The van der Waals surface area contributed by atoms with Crippen LogP contribution in [0.25, 0.3) is 0 Å². The number of nitrogens with zero attached hydrogens (tertiary/aromatic N) is 1. The van der Waals surface area contributed by atoms with Crippen LogP contribution in [0.1, 0.15) is 23.2 Å². The summed E-state index contributed by atoms with van der Waals surface area (Å²) in [4.78, 5) is 26.2. The third kappa shape index (κ3) is 5.46. The first-order valence-corrected chi connectivity index (χ1v) is 8.20. The largest absolute Gasteiger partial charge is 0.405 e. The molecule has 23 heavy (non-hydrogen) atoms. The summed E-state index contributed by atoms with van der Waals surface area (Å²) in [6, 6.07) is 6.34. The number of alkyl halides is 3. The highest BCUT2D eigenvalue weighted by atomic mass is 32.2. The van der Waals surface area contributed by atoms with Crippen molar-refractivity contribution in [2.24, 2.45) is 0 Å². The van der Waals surface area contributed by atoms with Crippen molar-refractivity contribution in [2.75, 3.05) is 25.4 Å². The molecule has 0 radical (unpaired) electrons. The van der Waals surface area contributed by atoms with Crippen LogP contribution in [0, 0.1) is 0 Å². The van der Waals surface area contributed by atoms with Crippen molar-refractivity contribution in [2.45, 2.75) is 23.9 Å². The van der Waals surface area contributed by atoms with Gasteiger partial charge in [0.15, 0.2) is 0 Å². The Kier molecular flexibility index (Phi) is 5.92. The van der Waals surface area contributed by atoms with Crippen LogP contribution < -0.4 is 5.32 Å². The fourth-order valence-electron chi connectivity index (χ4n) is 2.25. The molecule has 2 amide bonds. The third-order valence-electron chi connectivity index (χ3n) is 3.39. The topological polar surface area (TPSA) is 49.4 Å². The first kappa shape index (κ1) is 17.7. The summed E-state index contributed by atoms with van der Waals surface area (Å²) in [7, 11) is 0. The highest BCUT2D eigenvalue weighted by Gasteiger charge is 2.28. The predicted molar refractivity (Wildman–Crippen MR) is 81.4 cm³/mol. The Balaban J connectivity index is 1.96. The molecule has 0 bridgehead atoms. The first-order valence-electron chi connectivity index (χ1n) is 7.21. The van der Waals surface area contributed by atoms with Crippen LogP contribution in [0.5, 0.6) is 0 Å². The van der Waals surface area contributed by atoms with Crippen molar-refractivity contribution in [1.29, 1.82) is 0 Å². The van der Waals surface area contributed by atoms with E-state index in [1.54, 1.807) is 23.1 Å². The summed E-state index contributed by atoms with van der Waals surface area (Å²) >= 11 is 1.17. The zero-order valence-corrected chi connectivity index (χ0v) is 13.2. The Hall–Kier alpha value is -1.70. The maximum Gasteiger partial charge on any atom is 0.405 e. The van der Waals surface area contributed by atoms with Crippen molar-refractivity contribution in [3.05, 3.63) is 29.8 Å². The quantitative estimate of drug-likeness (QED) is 0.834. The molecule has 0 atom stereocenters. The summed E-state index contributed by atoms with van der Waals surface area (Å²) in [5.74, 6) is -0.638. The number of carbonyl (C=O) groups excluding carboxylic acids is 2. The smallest absolute Gasteiger partial charge is 0.343 e. The van der Waals surface area contributed by atoms with E-state index in [0.29, 0.717) is 4.90 Å². The fraction of sp³-hybridized carbons (Fsp3) is 0.467. The van der Waals surface area contributed by atoms with Gasteiger partial charge in [-0.3, -0.25) is 9.59 Å². The number of hydrogen-bond donors (Lipinski definition) is 1. The molecule has 1 heterocycles. The molecular formula is C15H17F3N2O2S. The Morgan fingerprint density at radius 2 is 1.83 bits per heavy atom. The maximum atomic E-state index is 12.2. The van der Waals surface area contributed by atoms with Crippen LogP contribution in [-0.2, 0) is 4.79 Å². The minimum absolute atomic E-state index is 0.0157. The van der Waals surface area contributed by atoms with Crippen LogP contribution in [0.3, 0.4) is 0 Å². The van der Waals surface area contributed by atoms with Gasteiger partial charge in [-0.15, -0.1) is 11.8 Å². The highest BCUT2D eigenvalue weighted by molar-refractivity contribution is 8.00. The van der Waals surface area contributed by atoms with Gasteiger partial charge in [0.05, 0.1) is 11.3 Å². The molecule has 8 heteroatoms. The molecule has 0 aromatic heterocycles. The van der Waals surface area contributed by atoms with E-state index in [1.165, 1.54) is 17.8 Å². The van der Waals surface area contributed by atoms with E-state index in [4.69, 9.17) is 0 Å². The second kappa shape index (κ2) is 7.72. The molecular weight excluding hydrogens is 329 g/mol. The van der Waals surface area contributed by atoms with Crippen LogP contribution in [0.4, 0.5) is 13.2 Å². The number of carbonyl (C=O) groups is 2. The van der Waals surface area contributed by atoms with E-state index >= 15 is 0 Å². The van der Waals surface area contributed by atoms with E-state index in [9.17, 15) is 22.8 Å². The summed E-state index contributed by atoms with van der Waals surface area (Å²) in [6.07, 6.45) is -2.47. The third-order valence-corrected chi connectivity index (χ3v) is 4.45. The van der Waals surface area contributed by atoms with Crippen LogP contribution in [0.2, 0.25) is 0 Å². The Bertz CT molecular complexity index is 572.